The number of benzene rings is 2. The number of rotatable bonds is 3. The van der Waals surface area contributed by atoms with E-state index in [2.05, 4.69) is 4.98 Å². The predicted octanol–water partition coefficient (Wildman–Crippen LogP) is 2.80. The molecule has 0 bridgehead atoms. The van der Waals surface area contributed by atoms with Crippen LogP contribution in [0, 0.1) is 0 Å². The van der Waals surface area contributed by atoms with Crippen molar-refractivity contribution in [1.29, 1.82) is 0 Å². The van der Waals surface area contributed by atoms with E-state index >= 15 is 0 Å². The van der Waals surface area contributed by atoms with E-state index in [-0.39, 0.29) is 17.2 Å². The number of fused-ring (bicyclic) bond motifs is 1. The summed E-state index contributed by atoms with van der Waals surface area (Å²) >= 11 is 0. The molecule has 9 nitrogen and oxygen atoms in total. The number of hydrogen-bond donors (Lipinski definition) is 5. The maximum Gasteiger partial charge on any atom is 0.200 e. The summed E-state index contributed by atoms with van der Waals surface area (Å²) in [5.74, 6) is -1.54. The normalized spacial score (nSPS) is 16.9. The highest BCUT2D eigenvalue weighted by molar-refractivity contribution is 5.74. The number of aldehydes is 1. The van der Waals surface area contributed by atoms with Crippen LogP contribution in [0.2, 0.25) is 0 Å². The minimum Gasteiger partial charge on any atom is -0.508 e. The van der Waals surface area contributed by atoms with Gasteiger partial charge in [0, 0.05) is 54.7 Å². The molecule has 2 aromatic carbocycles. The maximum absolute atomic E-state index is 9.98. The molecule has 0 saturated carbocycles. The molecule has 0 radical (unpaired) electrons. The third-order valence-electron chi connectivity index (χ3n) is 4.73. The number of aromatic hydroxyl groups is 5. The van der Waals surface area contributed by atoms with Gasteiger partial charge in [-0.3, -0.25) is 9.78 Å². The van der Waals surface area contributed by atoms with Crippen molar-refractivity contribution in [1.82, 2.24) is 4.98 Å². The average Bonchev–Trinajstić information content (AvgIpc) is 2.77. The van der Waals surface area contributed by atoms with E-state index in [0.717, 1.165) is 6.29 Å². The summed E-state index contributed by atoms with van der Waals surface area (Å²) in [5.41, 5.74) is 1.55. The third kappa shape index (κ3) is 4.78. The summed E-state index contributed by atoms with van der Waals surface area (Å²) in [6, 6.07) is 8.43. The number of aromatic nitrogens is 1. The second kappa shape index (κ2) is 9.23. The van der Waals surface area contributed by atoms with Crippen LogP contribution >= 0.6 is 0 Å². The summed E-state index contributed by atoms with van der Waals surface area (Å²) in [7, 11) is 1.48. The van der Waals surface area contributed by atoms with Gasteiger partial charge in [0.25, 0.3) is 0 Å². The Morgan fingerprint density at radius 1 is 1.00 bits per heavy atom. The summed E-state index contributed by atoms with van der Waals surface area (Å²) < 4.78 is 11.2. The van der Waals surface area contributed by atoms with Gasteiger partial charge in [0.15, 0.2) is 23.4 Å². The van der Waals surface area contributed by atoms with Crippen LogP contribution in [0.25, 0.3) is 0 Å². The summed E-state index contributed by atoms with van der Waals surface area (Å²) in [5, 5.41) is 48.3. The number of pyridine rings is 1. The van der Waals surface area contributed by atoms with E-state index in [1.165, 1.54) is 31.4 Å². The van der Waals surface area contributed by atoms with Crippen LogP contribution in [0.15, 0.2) is 48.8 Å². The molecular weight excluding hydrogens is 406 g/mol. The minimum absolute atomic E-state index is 0.100. The molecule has 0 amide bonds. The van der Waals surface area contributed by atoms with Crippen LogP contribution in [0.1, 0.15) is 27.6 Å². The summed E-state index contributed by atoms with van der Waals surface area (Å²) in [6.07, 6.45) is 3.08. The van der Waals surface area contributed by atoms with Crippen molar-refractivity contribution < 1.29 is 39.8 Å². The number of carbonyl (C=O) groups excluding carboxylic acids is 1. The Bertz CT molecular complexity index is 1050. The lowest BCUT2D eigenvalue weighted by Gasteiger charge is -2.33. The topological polar surface area (TPSA) is 150 Å². The molecule has 31 heavy (non-hydrogen) atoms. The van der Waals surface area contributed by atoms with Gasteiger partial charge in [0.1, 0.15) is 29.6 Å². The number of carbonyl (C=O) groups is 1. The molecule has 5 N–H and O–H groups in total. The van der Waals surface area contributed by atoms with Crippen molar-refractivity contribution >= 4 is 6.29 Å². The molecule has 162 valence electrons. The second-order valence-electron chi connectivity index (χ2n) is 6.76. The SMILES string of the molecule is COC1Cc2c(O)cc(O)cc2O[C@@H]1c1cc(O)c(O)c(O)c1.O=Cc1ccncc1. The minimum atomic E-state index is -0.703. The first kappa shape index (κ1) is 21.7. The van der Waals surface area contributed by atoms with Gasteiger partial charge in [-0.15, -0.1) is 0 Å². The molecule has 9 heteroatoms. The van der Waals surface area contributed by atoms with Crippen LogP contribution < -0.4 is 4.74 Å². The van der Waals surface area contributed by atoms with E-state index < -0.39 is 29.5 Å². The smallest absolute Gasteiger partial charge is 0.200 e. The maximum atomic E-state index is 9.98. The van der Waals surface area contributed by atoms with Crippen molar-refractivity contribution in [2.75, 3.05) is 7.11 Å². The summed E-state index contributed by atoms with van der Waals surface area (Å²) in [6.45, 7) is 0. The van der Waals surface area contributed by atoms with Crippen molar-refractivity contribution in [2.45, 2.75) is 18.6 Å². The molecule has 1 aromatic heterocycles. The Morgan fingerprint density at radius 3 is 2.19 bits per heavy atom. The molecule has 0 spiro atoms. The first-order chi connectivity index (χ1) is 14.8. The molecule has 2 atom stereocenters. The fourth-order valence-electron chi connectivity index (χ4n) is 3.17. The highest BCUT2D eigenvalue weighted by atomic mass is 16.5. The van der Waals surface area contributed by atoms with Gasteiger partial charge in [-0.25, -0.2) is 0 Å². The van der Waals surface area contributed by atoms with Crippen molar-refractivity contribution in [3.63, 3.8) is 0 Å². The van der Waals surface area contributed by atoms with Crippen LogP contribution in [0.5, 0.6) is 34.5 Å². The lowest BCUT2D eigenvalue weighted by Crippen LogP contribution is -2.32. The Kier molecular flexibility index (Phi) is 6.46. The van der Waals surface area contributed by atoms with E-state index in [1.807, 2.05) is 0 Å². The van der Waals surface area contributed by atoms with Crippen LogP contribution in [0.3, 0.4) is 0 Å². The lowest BCUT2D eigenvalue weighted by atomic mass is 9.93. The number of ether oxygens (including phenoxy) is 2. The molecule has 0 saturated heterocycles. The van der Waals surface area contributed by atoms with E-state index in [9.17, 15) is 30.3 Å². The van der Waals surface area contributed by atoms with Crippen LogP contribution in [-0.4, -0.2) is 50.0 Å². The van der Waals surface area contributed by atoms with Crippen LogP contribution in [-0.2, 0) is 11.2 Å². The first-order valence-electron chi connectivity index (χ1n) is 9.18. The van der Waals surface area contributed by atoms with Crippen molar-refractivity contribution in [3.05, 3.63) is 65.5 Å². The monoisotopic (exact) mass is 427 g/mol. The van der Waals surface area contributed by atoms with E-state index in [4.69, 9.17) is 9.47 Å². The number of phenolic OH excluding ortho intramolecular Hbond substituents is 5. The number of methoxy groups -OCH3 is 1. The van der Waals surface area contributed by atoms with Gasteiger partial charge in [-0.1, -0.05) is 0 Å². The standard InChI is InChI=1S/C16H16O7.C6H5NO/c1-22-14-6-9-10(18)4-8(17)5-13(9)23-16(14)7-2-11(19)15(21)12(20)3-7;8-5-6-1-3-7-4-2-6/h2-5,14,16-21H,6H2,1H3;1-5H/t14?,16-;/m1./s1. The molecule has 2 heterocycles. The quantitative estimate of drug-likeness (QED) is 0.314. The fourth-order valence-corrected chi connectivity index (χ4v) is 3.17. The van der Waals surface area contributed by atoms with Gasteiger partial charge in [-0.2, -0.15) is 0 Å². The highest BCUT2D eigenvalue weighted by Crippen LogP contribution is 2.45. The summed E-state index contributed by atoms with van der Waals surface area (Å²) in [4.78, 5) is 13.7. The van der Waals surface area contributed by atoms with E-state index in [1.54, 1.807) is 24.5 Å². The average molecular weight is 427 g/mol. The van der Waals surface area contributed by atoms with Gasteiger partial charge in [0.2, 0.25) is 0 Å². The zero-order valence-electron chi connectivity index (χ0n) is 16.5. The first-order valence-corrected chi connectivity index (χ1v) is 9.18. The third-order valence-corrected chi connectivity index (χ3v) is 4.73. The molecule has 1 unspecified atom stereocenters. The van der Waals surface area contributed by atoms with Crippen LogP contribution in [0.4, 0.5) is 0 Å². The Balaban J connectivity index is 0.000000287. The molecular formula is C22H21NO8. The fraction of sp³-hybridized carbons (Fsp3) is 0.182. The zero-order chi connectivity index (χ0) is 22.5. The van der Waals surface area contributed by atoms with Gasteiger partial charge in [-0.05, 0) is 24.3 Å². The van der Waals surface area contributed by atoms with E-state index in [0.29, 0.717) is 23.1 Å². The van der Waals surface area contributed by atoms with Gasteiger partial charge < -0.3 is 35.0 Å². The molecule has 1 aliphatic rings. The number of hydrogen-bond acceptors (Lipinski definition) is 9. The van der Waals surface area contributed by atoms with Crippen molar-refractivity contribution in [3.8, 4) is 34.5 Å². The predicted molar refractivity (Wildman–Crippen MR) is 109 cm³/mol. The molecule has 0 fully saturated rings. The Hall–Kier alpha value is -3.98. The van der Waals surface area contributed by atoms with Gasteiger partial charge >= 0.3 is 0 Å². The number of phenols is 5. The molecule has 1 aliphatic heterocycles. The Labute approximate surface area is 177 Å². The molecule has 3 aromatic rings. The largest absolute Gasteiger partial charge is 0.508 e. The lowest BCUT2D eigenvalue weighted by molar-refractivity contribution is -0.0123. The molecule has 4 rings (SSSR count). The molecule has 0 aliphatic carbocycles. The van der Waals surface area contributed by atoms with Gasteiger partial charge in [0.05, 0.1) is 0 Å². The van der Waals surface area contributed by atoms with Crippen molar-refractivity contribution in [2.24, 2.45) is 0 Å². The Morgan fingerprint density at radius 2 is 1.65 bits per heavy atom. The second-order valence-corrected chi connectivity index (χ2v) is 6.76. The zero-order valence-corrected chi connectivity index (χ0v) is 16.5. The highest BCUT2D eigenvalue weighted by Gasteiger charge is 2.34. The number of nitrogens with zero attached hydrogens (tertiary/aromatic N) is 1.